The summed E-state index contributed by atoms with van der Waals surface area (Å²) in [5.41, 5.74) is 5.04. The summed E-state index contributed by atoms with van der Waals surface area (Å²) in [6.45, 7) is 4.09. The van der Waals surface area contributed by atoms with Gasteiger partial charge in [-0.25, -0.2) is 4.79 Å². The number of ether oxygens (including phenoxy) is 1. The monoisotopic (exact) mass is 346 g/mol. The van der Waals surface area contributed by atoms with Crippen LogP contribution in [0.5, 0.6) is 5.75 Å². The Morgan fingerprint density at radius 1 is 1.20 bits per heavy atom. The van der Waals surface area contributed by atoms with Gasteiger partial charge in [-0.15, -0.1) is 0 Å². The molecule has 1 unspecified atom stereocenters. The van der Waals surface area contributed by atoms with Gasteiger partial charge in [0.25, 0.3) is 5.56 Å². The van der Waals surface area contributed by atoms with Crippen molar-refractivity contribution in [1.29, 1.82) is 0 Å². The highest BCUT2D eigenvalue weighted by molar-refractivity contribution is 6.04. The fourth-order valence-electron chi connectivity index (χ4n) is 2.44. The molecule has 0 saturated carbocycles. The van der Waals surface area contributed by atoms with Gasteiger partial charge in [0.2, 0.25) is 0 Å². The second-order valence-electron chi connectivity index (χ2n) is 5.65. The number of Topliss-reactive ketones (excluding diaryl/α,β-unsaturated/α-hetero) is 1. The largest absolute Gasteiger partial charge is 0.494 e. The lowest BCUT2D eigenvalue weighted by Crippen LogP contribution is -2.43. The van der Waals surface area contributed by atoms with Crippen LogP contribution in [0, 0.1) is 0 Å². The van der Waals surface area contributed by atoms with Crippen LogP contribution >= 0.6 is 0 Å². The third kappa shape index (κ3) is 3.57. The molecule has 2 aromatic rings. The Morgan fingerprint density at radius 2 is 1.80 bits per heavy atom. The number of nitrogen functional groups attached to an aromatic ring is 1. The number of anilines is 2. The van der Waals surface area contributed by atoms with E-state index in [4.69, 9.17) is 10.5 Å². The van der Waals surface area contributed by atoms with E-state index in [1.807, 2.05) is 6.92 Å². The highest BCUT2D eigenvalue weighted by Gasteiger charge is 2.24. The fraction of sp³-hybridized carbons (Fsp3) is 0.353. The Labute approximate surface area is 144 Å². The second-order valence-corrected chi connectivity index (χ2v) is 5.65. The highest BCUT2D eigenvalue weighted by Crippen LogP contribution is 2.17. The predicted molar refractivity (Wildman–Crippen MR) is 96.4 cm³/mol. The number of carbonyl (C=O) groups is 1. The first-order valence-corrected chi connectivity index (χ1v) is 7.87. The molecule has 0 aliphatic carbocycles. The topological polar surface area (TPSA) is 108 Å². The van der Waals surface area contributed by atoms with Crippen molar-refractivity contribution < 1.29 is 9.53 Å². The second kappa shape index (κ2) is 7.25. The molecule has 0 amide bonds. The van der Waals surface area contributed by atoms with Crippen molar-refractivity contribution in [2.45, 2.75) is 19.9 Å². The van der Waals surface area contributed by atoms with E-state index in [1.54, 1.807) is 31.2 Å². The van der Waals surface area contributed by atoms with Gasteiger partial charge in [0.15, 0.2) is 5.78 Å². The van der Waals surface area contributed by atoms with Crippen molar-refractivity contribution in [1.82, 2.24) is 9.13 Å². The van der Waals surface area contributed by atoms with Crippen molar-refractivity contribution in [3.63, 3.8) is 0 Å². The van der Waals surface area contributed by atoms with Gasteiger partial charge < -0.3 is 15.8 Å². The molecule has 3 N–H and O–H groups in total. The van der Waals surface area contributed by atoms with E-state index in [9.17, 15) is 14.4 Å². The normalized spacial score (nSPS) is 11.8. The maximum atomic E-state index is 12.7. The molecule has 0 fully saturated rings. The van der Waals surface area contributed by atoms with Crippen LogP contribution in [-0.4, -0.2) is 27.6 Å². The Hall–Kier alpha value is -3.03. The van der Waals surface area contributed by atoms with E-state index in [1.165, 1.54) is 14.1 Å². The SMILES string of the molecule is CCOc1ccc(NC(C)C(=O)c2c(N)n(C)c(=O)n(C)c2=O)cc1. The molecular formula is C17H22N4O4. The third-order valence-corrected chi connectivity index (χ3v) is 3.90. The maximum absolute atomic E-state index is 12.7. The first-order valence-electron chi connectivity index (χ1n) is 7.87. The average Bonchev–Trinajstić information content (AvgIpc) is 2.60. The Kier molecular flexibility index (Phi) is 5.31. The minimum absolute atomic E-state index is 0.140. The van der Waals surface area contributed by atoms with Gasteiger partial charge in [-0.2, -0.15) is 0 Å². The van der Waals surface area contributed by atoms with Gasteiger partial charge in [-0.3, -0.25) is 18.7 Å². The van der Waals surface area contributed by atoms with Crippen molar-refractivity contribution in [2.75, 3.05) is 17.7 Å². The zero-order valence-corrected chi connectivity index (χ0v) is 14.7. The van der Waals surface area contributed by atoms with E-state index in [2.05, 4.69) is 5.32 Å². The molecule has 1 aromatic heterocycles. The summed E-state index contributed by atoms with van der Waals surface area (Å²) >= 11 is 0. The lowest BCUT2D eigenvalue weighted by molar-refractivity contribution is 0.0973. The van der Waals surface area contributed by atoms with Gasteiger partial charge in [-0.05, 0) is 38.1 Å². The van der Waals surface area contributed by atoms with Crippen LogP contribution in [0.2, 0.25) is 0 Å². The minimum atomic E-state index is -0.703. The molecule has 0 aliphatic heterocycles. The lowest BCUT2D eigenvalue weighted by Gasteiger charge is -2.17. The quantitative estimate of drug-likeness (QED) is 0.747. The van der Waals surface area contributed by atoms with Crippen LogP contribution in [0.25, 0.3) is 0 Å². The van der Waals surface area contributed by atoms with Gasteiger partial charge >= 0.3 is 5.69 Å². The van der Waals surface area contributed by atoms with Crippen molar-refractivity contribution >= 4 is 17.3 Å². The Balaban J connectivity index is 2.29. The molecule has 1 atom stereocenters. The molecule has 1 heterocycles. The number of carbonyl (C=O) groups excluding carboxylic acids is 1. The van der Waals surface area contributed by atoms with Crippen molar-refractivity contribution in [3.05, 3.63) is 50.7 Å². The number of ketones is 1. The summed E-state index contributed by atoms with van der Waals surface area (Å²) in [6.07, 6.45) is 0. The highest BCUT2D eigenvalue weighted by atomic mass is 16.5. The number of rotatable bonds is 6. The molecule has 25 heavy (non-hydrogen) atoms. The smallest absolute Gasteiger partial charge is 0.332 e. The number of aromatic nitrogens is 2. The Bertz CT molecular complexity index is 897. The standard InChI is InChI=1S/C17H22N4O4/c1-5-25-12-8-6-11(7-9-12)19-10(2)14(22)13-15(18)20(3)17(24)21(4)16(13)23/h6-10,19H,5,18H2,1-4H3. The summed E-state index contributed by atoms with van der Waals surface area (Å²) < 4.78 is 7.31. The molecule has 8 heteroatoms. The molecule has 0 aliphatic rings. The maximum Gasteiger partial charge on any atom is 0.332 e. The minimum Gasteiger partial charge on any atom is -0.494 e. The van der Waals surface area contributed by atoms with Crippen LogP contribution in [-0.2, 0) is 14.1 Å². The van der Waals surface area contributed by atoms with Crippen molar-refractivity contribution in [3.8, 4) is 5.75 Å². The van der Waals surface area contributed by atoms with E-state index in [0.717, 1.165) is 14.9 Å². The van der Waals surface area contributed by atoms with Gasteiger partial charge in [0.1, 0.15) is 17.1 Å². The summed E-state index contributed by atoms with van der Waals surface area (Å²) in [4.78, 5) is 36.8. The lowest BCUT2D eigenvalue weighted by atomic mass is 10.1. The van der Waals surface area contributed by atoms with Crippen LogP contribution in [0.1, 0.15) is 24.2 Å². The molecule has 0 spiro atoms. The molecular weight excluding hydrogens is 324 g/mol. The van der Waals surface area contributed by atoms with E-state index >= 15 is 0 Å². The van der Waals surface area contributed by atoms with Gasteiger partial charge in [0, 0.05) is 19.8 Å². The summed E-state index contributed by atoms with van der Waals surface area (Å²) in [6, 6.07) is 6.41. The molecule has 2 rings (SSSR count). The number of hydrogen-bond donors (Lipinski definition) is 2. The molecule has 8 nitrogen and oxygen atoms in total. The van der Waals surface area contributed by atoms with Gasteiger partial charge in [0.05, 0.1) is 12.6 Å². The van der Waals surface area contributed by atoms with E-state index < -0.39 is 23.1 Å². The van der Waals surface area contributed by atoms with Crippen LogP contribution in [0.3, 0.4) is 0 Å². The molecule has 0 saturated heterocycles. The average molecular weight is 346 g/mol. The molecule has 134 valence electrons. The van der Waals surface area contributed by atoms with E-state index in [0.29, 0.717) is 12.3 Å². The summed E-state index contributed by atoms with van der Waals surface area (Å²) in [5, 5.41) is 3.02. The first-order chi connectivity index (χ1) is 11.8. The number of nitrogens with one attached hydrogen (secondary N) is 1. The third-order valence-electron chi connectivity index (χ3n) is 3.90. The van der Waals surface area contributed by atoms with Crippen LogP contribution in [0.4, 0.5) is 11.5 Å². The predicted octanol–water partition coefficient (Wildman–Crippen LogP) is 0.748. The van der Waals surface area contributed by atoms with E-state index in [-0.39, 0.29) is 11.4 Å². The zero-order chi connectivity index (χ0) is 18.7. The number of hydrogen-bond acceptors (Lipinski definition) is 6. The first kappa shape index (κ1) is 18.3. The number of benzene rings is 1. The van der Waals surface area contributed by atoms with Crippen LogP contribution < -0.4 is 27.0 Å². The zero-order valence-electron chi connectivity index (χ0n) is 14.7. The Morgan fingerprint density at radius 3 is 2.36 bits per heavy atom. The van der Waals surface area contributed by atoms with Crippen molar-refractivity contribution in [2.24, 2.45) is 14.1 Å². The number of nitrogens with two attached hydrogens (primary N) is 1. The summed E-state index contributed by atoms with van der Waals surface area (Å²) in [5.74, 6) is 0.101. The number of nitrogens with zero attached hydrogens (tertiary/aromatic N) is 2. The molecule has 0 bridgehead atoms. The summed E-state index contributed by atoms with van der Waals surface area (Å²) in [7, 11) is 2.73. The van der Waals surface area contributed by atoms with Gasteiger partial charge in [-0.1, -0.05) is 0 Å². The molecule has 0 radical (unpaired) electrons. The molecule has 1 aromatic carbocycles. The van der Waals surface area contributed by atoms with Crippen LogP contribution in [0.15, 0.2) is 33.9 Å². The fourth-order valence-corrected chi connectivity index (χ4v) is 2.44.